The number of hydrogen-bond donors (Lipinski definition) is 1. The highest BCUT2D eigenvalue weighted by atomic mass is 19.1. The van der Waals surface area contributed by atoms with Crippen molar-refractivity contribution in [3.8, 4) is 0 Å². The van der Waals surface area contributed by atoms with Crippen LogP contribution in [0.3, 0.4) is 0 Å². The minimum atomic E-state index is -0.500. The van der Waals surface area contributed by atoms with Crippen molar-refractivity contribution in [2.24, 2.45) is 11.3 Å². The molecule has 0 atom stereocenters. The van der Waals surface area contributed by atoms with Crippen molar-refractivity contribution >= 4 is 0 Å². The van der Waals surface area contributed by atoms with Crippen LogP contribution >= 0.6 is 0 Å². The quantitative estimate of drug-likeness (QED) is 0.799. The molecule has 3 heteroatoms. The first kappa shape index (κ1) is 15.4. The first-order valence-corrected chi connectivity index (χ1v) is 7.65. The standard InChI is InChI=1S/C17H25F2N/c1-13(2)10-17(5-3-4-6-17)12-20-11-14-7-15(18)9-16(19)8-14/h7-9,13,20H,3-6,10-12H2,1-2H3. The highest BCUT2D eigenvalue weighted by molar-refractivity contribution is 5.17. The van der Waals surface area contributed by atoms with Crippen molar-refractivity contribution < 1.29 is 8.78 Å². The summed E-state index contributed by atoms with van der Waals surface area (Å²) in [5, 5.41) is 3.41. The smallest absolute Gasteiger partial charge is 0.126 e. The lowest BCUT2D eigenvalue weighted by Crippen LogP contribution is -2.33. The lowest BCUT2D eigenvalue weighted by molar-refractivity contribution is 0.223. The predicted molar refractivity (Wildman–Crippen MR) is 78.4 cm³/mol. The van der Waals surface area contributed by atoms with Crippen molar-refractivity contribution in [3.05, 3.63) is 35.4 Å². The Labute approximate surface area is 120 Å². The van der Waals surface area contributed by atoms with Gasteiger partial charge in [-0.3, -0.25) is 0 Å². The molecule has 1 N–H and O–H groups in total. The molecule has 2 rings (SSSR count). The summed E-state index contributed by atoms with van der Waals surface area (Å²) in [5.41, 5.74) is 1.07. The van der Waals surface area contributed by atoms with Gasteiger partial charge in [0, 0.05) is 19.2 Å². The van der Waals surface area contributed by atoms with E-state index in [2.05, 4.69) is 19.2 Å². The summed E-state index contributed by atoms with van der Waals surface area (Å²) in [7, 11) is 0. The van der Waals surface area contributed by atoms with Gasteiger partial charge in [0.15, 0.2) is 0 Å². The van der Waals surface area contributed by atoms with Crippen LogP contribution in [0.15, 0.2) is 18.2 Å². The molecular weight excluding hydrogens is 256 g/mol. The van der Waals surface area contributed by atoms with E-state index >= 15 is 0 Å². The Bertz CT molecular complexity index is 416. The first-order chi connectivity index (χ1) is 9.49. The summed E-state index contributed by atoms with van der Waals surface area (Å²) in [5.74, 6) is -0.305. The summed E-state index contributed by atoms with van der Waals surface area (Å²) in [6.07, 6.45) is 6.40. The van der Waals surface area contributed by atoms with Crippen molar-refractivity contribution in [1.82, 2.24) is 5.32 Å². The molecule has 0 heterocycles. The van der Waals surface area contributed by atoms with Gasteiger partial charge in [0.25, 0.3) is 0 Å². The first-order valence-electron chi connectivity index (χ1n) is 7.65. The minimum Gasteiger partial charge on any atom is -0.312 e. The van der Waals surface area contributed by atoms with E-state index < -0.39 is 11.6 Å². The monoisotopic (exact) mass is 281 g/mol. The molecule has 0 aromatic heterocycles. The van der Waals surface area contributed by atoms with Gasteiger partial charge in [-0.1, -0.05) is 26.7 Å². The summed E-state index contributed by atoms with van der Waals surface area (Å²) in [6.45, 7) is 6.02. The van der Waals surface area contributed by atoms with E-state index in [1.165, 1.54) is 44.2 Å². The topological polar surface area (TPSA) is 12.0 Å². The molecule has 1 aromatic rings. The van der Waals surface area contributed by atoms with Gasteiger partial charge in [0.2, 0.25) is 0 Å². The van der Waals surface area contributed by atoms with Crippen LogP contribution in [-0.2, 0) is 6.54 Å². The molecule has 1 aromatic carbocycles. The van der Waals surface area contributed by atoms with Gasteiger partial charge in [-0.05, 0) is 48.3 Å². The highest BCUT2D eigenvalue weighted by Crippen LogP contribution is 2.42. The number of benzene rings is 1. The van der Waals surface area contributed by atoms with Gasteiger partial charge in [-0.15, -0.1) is 0 Å². The fourth-order valence-electron chi connectivity index (χ4n) is 3.63. The molecule has 0 unspecified atom stereocenters. The van der Waals surface area contributed by atoms with E-state index in [4.69, 9.17) is 0 Å². The Balaban J connectivity index is 1.90. The van der Waals surface area contributed by atoms with Crippen molar-refractivity contribution in [2.45, 2.75) is 52.5 Å². The lowest BCUT2D eigenvalue weighted by atomic mass is 9.78. The Morgan fingerprint density at radius 3 is 2.25 bits per heavy atom. The summed E-state index contributed by atoms with van der Waals surface area (Å²) < 4.78 is 26.3. The number of nitrogens with one attached hydrogen (secondary N) is 1. The molecule has 0 aliphatic heterocycles. The molecule has 1 nitrogen and oxygen atoms in total. The van der Waals surface area contributed by atoms with E-state index in [1.54, 1.807) is 0 Å². The third-order valence-electron chi connectivity index (χ3n) is 4.26. The molecule has 112 valence electrons. The molecule has 0 radical (unpaired) electrons. The summed E-state index contributed by atoms with van der Waals surface area (Å²) in [4.78, 5) is 0. The van der Waals surface area contributed by atoms with E-state index in [-0.39, 0.29) is 0 Å². The predicted octanol–water partition coefficient (Wildman–Crippen LogP) is 4.66. The zero-order chi connectivity index (χ0) is 14.6. The van der Waals surface area contributed by atoms with Crippen molar-refractivity contribution in [1.29, 1.82) is 0 Å². The molecule has 0 amide bonds. The van der Waals surface area contributed by atoms with Crippen LogP contribution in [0.1, 0.15) is 51.5 Å². The highest BCUT2D eigenvalue weighted by Gasteiger charge is 2.33. The van der Waals surface area contributed by atoms with Gasteiger partial charge >= 0.3 is 0 Å². The zero-order valence-electron chi connectivity index (χ0n) is 12.5. The summed E-state index contributed by atoms with van der Waals surface area (Å²) in [6, 6.07) is 3.72. The van der Waals surface area contributed by atoms with Crippen LogP contribution in [0.4, 0.5) is 8.78 Å². The van der Waals surface area contributed by atoms with Crippen molar-refractivity contribution in [2.75, 3.05) is 6.54 Å². The van der Waals surface area contributed by atoms with E-state index in [9.17, 15) is 8.78 Å². The normalized spacial score (nSPS) is 17.9. The lowest BCUT2D eigenvalue weighted by Gasteiger charge is -2.31. The maximum Gasteiger partial charge on any atom is 0.126 e. The third-order valence-corrected chi connectivity index (χ3v) is 4.26. The molecule has 20 heavy (non-hydrogen) atoms. The average molecular weight is 281 g/mol. The second-order valence-electron chi connectivity index (χ2n) is 6.69. The average Bonchev–Trinajstić information content (AvgIpc) is 2.75. The fraction of sp³-hybridized carbons (Fsp3) is 0.647. The van der Waals surface area contributed by atoms with Gasteiger partial charge in [-0.25, -0.2) is 8.78 Å². The van der Waals surface area contributed by atoms with Crippen LogP contribution < -0.4 is 5.32 Å². The Morgan fingerprint density at radius 1 is 1.10 bits per heavy atom. The fourth-order valence-corrected chi connectivity index (χ4v) is 3.63. The van der Waals surface area contributed by atoms with Crippen LogP contribution in [0.25, 0.3) is 0 Å². The molecule has 1 aliphatic carbocycles. The largest absolute Gasteiger partial charge is 0.312 e. The van der Waals surface area contributed by atoms with Gasteiger partial charge in [0.05, 0.1) is 0 Å². The molecule has 1 aliphatic rings. The summed E-state index contributed by atoms with van der Waals surface area (Å²) >= 11 is 0. The maximum atomic E-state index is 13.1. The van der Waals surface area contributed by atoms with Crippen LogP contribution in [0.5, 0.6) is 0 Å². The second kappa shape index (κ2) is 6.66. The molecular formula is C17H25F2N. The van der Waals surface area contributed by atoms with Crippen LogP contribution in [0, 0.1) is 23.0 Å². The minimum absolute atomic E-state index is 0.389. The second-order valence-corrected chi connectivity index (χ2v) is 6.69. The van der Waals surface area contributed by atoms with E-state index in [1.807, 2.05) is 0 Å². The molecule has 1 fully saturated rings. The SMILES string of the molecule is CC(C)CC1(CNCc2cc(F)cc(F)c2)CCCC1. The van der Waals surface area contributed by atoms with Crippen LogP contribution in [-0.4, -0.2) is 6.54 Å². The Hall–Kier alpha value is -0.960. The molecule has 1 saturated carbocycles. The van der Waals surface area contributed by atoms with E-state index in [0.29, 0.717) is 23.4 Å². The maximum absolute atomic E-state index is 13.1. The zero-order valence-corrected chi connectivity index (χ0v) is 12.5. The van der Waals surface area contributed by atoms with Gasteiger partial charge in [0.1, 0.15) is 11.6 Å². The number of halogens is 2. The Kier molecular flexibility index (Phi) is 5.14. The molecule has 0 spiro atoms. The van der Waals surface area contributed by atoms with Gasteiger partial charge < -0.3 is 5.32 Å². The number of hydrogen-bond acceptors (Lipinski definition) is 1. The van der Waals surface area contributed by atoms with Gasteiger partial charge in [-0.2, -0.15) is 0 Å². The third kappa shape index (κ3) is 4.27. The van der Waals surface area contributed by atoms with Crippen LogP contribution in [0.2, 0.25) is 0 Å². The molecule has 0 bridgehead atoms. The Morgan fingerprint density at radius 2 is 1.70 bits per heavy atom. The number of rotatable bonds is 6. The van der Waals surface area contributed by atoms with E-state index in [0.717, 1.165) is 12.6 Å². The molecule has 0 saturated heterocycles. The van der Waals surface area contributed by atoms with Crippen molar-refractivity contribution in [3.63, 3.8) is 0 Å².